The number of thiophene rings is 1. The van der Waals surface area contributed by atoms with Gasteiger partial charge in [0.2, 0.25) is 0 Å². The number of halogens is 1. The van der Waals surface area contributed by atoms with E-state index in [1.54, 1.807) is 24.3 Å². The van der Waals surface area contributed by atoms with Gasteiger partial charge in [-0.2, -0.15) is 0 Å². The van der Waals surface area contributed by atoms with E-state index in [-0.39, 0.29) is 10.6 Å². The lowest BCUT2D eigenvalue weighted by Crippen LogP contribution is -2.01. The number of rotatable bonds is 4. The zero-order valence-corrected chi connectivity index (χ0v) is 12.1. The van der Waals surface area contributed by atoms with Gasteiger partial charge in [-0.1, -0.05) is 11.6 Å². The Bertz CT molecular complexity index is 625. The average Bonchev–Trinajstić information content (AvgIpc) is 2.73. The van der Waals surface area contributed by atoms with Gasteiger partial charge in [-0.25, -0.2) is 0 Å². The Morgan fingerprint density at radius 1 is 1.32 bits per heavy atom. The SMILES string of the molecule is Cc1cc(C)c([N+](=O)[O-])cc1NCc1cc(Cl)cs1. The summed E-state index contributed by atoms with van der Waals surface area (Å²) in [5.41, 5.74) is 2.58. The second-order valence-electron chi connectivity index (χ2n) is 4.30. The van der Waals surface area contributed by atoms with Gasteiger partial charge in [0.1, 0.15) is 0 Å². The molecular weight excluding hydrogens is 284 g/mol. The Morgan fingerprint density at radius 2 is 2.05 bits per heavy atom. The van der Waals surface area contributed by atoms with Gasteiger partial charge in [-0.3, -0.25) is 10.1 Å². The molecule has 6 heteroatoms. The summed E-state index contributed by atoms with van der Waals surface area (Å²) in [6.45, 7) is 4.28. The number of nitrogens with zero attached hydrogens (tertiary/aromatic N) is 1. The molecule has 0 radical (unpaired) electrons. The smallest absolute Gasteiger partial charge is 0.274 e. The Kier molecular flexibility index (Phi) is 4.07. The van der Waals surface area contributed by atoms with Crippen LogP contribution >= 0.6 is 22.9 Å². The van der Waals surface area contributed by atoms with Gasteiger partial charge >= 0.3 is 0 Å². The molecule has 0 fully saturated rings. The van der Waals surface area contributed by atoms with Crippen LogP contribution in [0.3, 0.4) is 0 Å². The molecule has 0 saturated heterocycles. The molecule has 0 bridgehead atoms. The molecule has 2 rings (SSSR count). The van der Waals surface area contributed by atoms with Crippen molar-refractivity contribution >= 4 is 34.3 Å². The van der Waals surface area contributed by atoms with Gasteiger partial charge in [0.15, 0.2) is 0 Å². The Morgan fingerprint density at radius 3 is 2.63 bits per heavy atom. The van der Waals surface area contributed by atoms with Crippen molar-refractivity contribution in [2.24, 2.45) is 0 Å². The molecule has 0 unspecified atom stereocenters. The first-order chi connectivity index (χ1) is 8.97. The summed E-state index contributed by atoms with van der Waals surface area (Å²) in [7, 11) is 0. The summed E-state index contributed by atoms with van der Waals surface area (Å²) in [5.74, 6) is 0. The van der Waals surface area contributed by atoms with Crippen LogP contribution < -0.4 is 5.32 Å². The second kappa shape index (κ2) is 5.59. The molecule has 0 spiro atoms. The molecule has 2 aromatic rings. The molecule has 0 atom stereocenters. The van der Waals surface area contributed by atoms with Gasteiger partial charge in [0.25, 0.3) is 5.69 Å². The van der Waals surface area contributed by atoms with Gasteiger partial charge in [0, 0.05) is 34.1 Å². The number of anilines is 1. The standard InChI is InChI=1S/C13H13ClN2O2S/c1-8-3-9(2)13(16(17)18)5-12(8)15-6-11-4-10(14)7-19-11/h3-5,7,15H,6H2,1-2H3. The van der Waals surface area contributed by atoms with E-state index < -0.39 is 0 Å². The highest BCUT2D eigenvalue weighted by Crippen LogP contribution is 2.27. The van der Waals surface area contributed by atoms with Crippen molar-refractivity contribution in [2.75, 3.05) is 5.32 Å². The largest absolute Gasteiger partial charge is 0.380 e. The van der Waals surface area contributed by atoms with Crippen LogP contribution in [0.25, 0.3) is 0 Å². The lowest BCUT2D eigenvalue weighted by molar-refractivity contribution is -0.385. The minimum absolute atomic E-state index is 0.136. The van der Waals surface area contributed by atoms with Crippen molar-refractivity contribution in [3.8, 4) is 0 Å². The highest BCUT2D eigenvalue weighted by molar-refractivity contribution is 7.10. The fourth-order valence-electron chi connectivity index (χ4n) is 1.86. The Labute approximate surface area is 120 Å². The van der Waals surface area contributed by atoms with Crippen LogP contribution in [0.4, 0.5) is 11.4 Å². The van der Waals surface area contributed by atoms with Crippen LogP contribution in [-0.4, -0.2) is 4.92 Å². The number of hydrogen-bond acceptors (Lipinski definition) is 4. The third-order valence-electron chi connectivity index (χ3n) is 2.81. The highest BCUT2D eigenvalue weighted by Gasteiger charge is 2.13. The fraction of sp³-hybridized carbons (Fsp3) is 0.231. The predicted molar refractivity (Wildman–Crippen MR) is 79.2 cm³/mol. The van der Waals surface area contributed by atoms with Crippen molar-refractivity contribution in [1.29, 1.82) is 0 Å². The Balaban J connectivity index is 2.20. The van der Waals surface area contributed by atoms with E-state index >= 15 is 0 Å². The highest BCUT2D eigenvalue weighted by atomic mass is 35.5. The van der Waals surface area contributed by atoms with Crippen LogP contribution in [-0.2, 0) is 6.54 Å². The zero-order chi connectivity index (χ0) is 14.0. The van der Waals surface area contributed by atoms with Gasteiger partial charge in [-0.15, -0.1) is 11.3 Å². The van der Waals surface area contributed by atoms with Gasteiger partial charge in [-0.05, 0) is 31.5 Å². The van der Waals surface area contributed by atoms with E-state index in [0.717, 1.165) is 16.1 Å². The average molecular weight is 297 g/mol. The monoisotopic (exact) mass is 296 g/mol. The van der Waals surface area contributed by atoms with Crippen LogP contribution in [0.2, 0.25) is 5.02 Å². The molecule has 0 amide bonds. The number of nitro groups is 1. The molecule has 4 nitrogen and oxygen atoms in total. The number of hydrogen-bond donors (Lipinski definition) is 1. The molecule has 1 aromatic carbocycles. The lowest BCUT2D eigenvalue weighted by atomic mass is 10.1. The maximum absolute atomic E-state index is 10.9. The summed E-state index contributed by atoms with van der Waals surface area (Å²) >= 11 is 7.41. The van der Waals surface area contributed by atoms with Crippen LogP contribution in [0, 0.1) is 24.0 Å². The Hall–Kier alpha value is -1.59. The molecule has 100 valence electrons. The predicted octanol–water partition coefficient (Wildman–Crippen LogP) is 4.54. The van der Waals surface area contributed by atoms with Gasteiger partial charge < -0.3 is 5.32 Å². The number of nitro benzene ring substituents is 1. The first-order valence-corrected chi connectivity index (χ1v) is 6.95. The third kappa shape index (κ3) is 3.24. The van der Waals surface area contributed by atoms with E-state index in [0.29, 0.717) is 17.1 Å². The molecule has 0 aliphatic heterocycles. The first kappa shape index (κ1) is 13.8. The topological polar surface area (TPSA) is 55.2 Å². The van der Waals surface area contributed by atoms with Crippen molar-refractivity contribution in [3.05, 3.63) is 54.7 Å². The number of benzene rings is 1. The minimum Gasteiger partial charge on any atom is -0.380 e. The molecule has 0 aliphatic carbocycles. The van der Waals surface area contributed by atoms with E-state index in [1.807, 2.05) is 24.4 Å². The summed E-state index contributed by atoms with van der Waals surface area (Å²) in [6, 6.07) is 5.29. The zero-order valence-electron chi connectivity index (χ0n) is 10.6. The van der Waals surface area contributed by atoms with E-state index in [2.05, 4.69) is 5.32 Å². The fourth-order valence-corrected chi connectivity index (χ4v) is 2.87. The van der Waals surface area contributed by atoms with Crippen molar-refractivity contribution < 1.29 is 4.92 Å². The van der Waals surface area contributed by atoms with E-state index in [1.165, 1.54) is 0 Å². The summed E-state index contributed by atoms with van der Waals surface area (Å²) in [4.78, 5) is 11.7. The van der Waals surface area contributed by atoms with Crippen molar-refractivity contribution in [2.45, 2.75) is 20.4 Å². The molecule has 0 saturated carbocycles. The summed E-state index contributed by atoms with van der Waals surface area (Å²) in [5, 5.41) is 16.7. The lowest BCUT2D eigenvalue weighted by Gasteiger charge is -2.09. The normalized spacial score (nSPS) is 10.5. The quantitative estimate of drug-likeness (QED) is 0.665. The molecule has 1 aromatic heterocycles. The summed E-state index contributed by atoms with van der Waals surface area (Å²) in [6.07, 6.45) is 0. The number of aryl methyl sites for hydroxylation is 2. The van der Waals surface area contributed by atoms with E-state index in [9.17, 15) is 10.1 Å². The van der Waals surface area contributed by atoms with E-state index in [4.69, 9.17) is 11.6 Å². The maximum atomic E-state index is 10.9. The third-order valence-corrected chi connectivity index (χ3v) is 4.10. The molecule has 0 aliphatic rings. The summed E-state index contributed by atoms with van der Waals surface area (Å²) < 4.78 is 0. The molecule has 1 heterocycles. The van der Waals surface area contributed by atoms with Crippen molar-refractivity contribution in [1.82, 2.24) is 0 Å². The molecule has 19 heavy (non-hydrogen) atoms. The maximum Gasteiger partial charge on any atom is 0.274 e. The minimum atomic E-state index is -0.359. The molecular formula is C13H13ClN2O2S. The second-order valence-corrected chi connectivity index (χ2v) is 5.73. The van der Waals surface area contributed by atoms with Crippen LogP contribution in [0.1, 0.15) is 16.0 Å². The van der Waals surface area contributed by atoms with Crippen LogP contribution in [0.15, 0.2) is 23.6 Å². The van der Waals surface area contributed by atoms with Crippen molar-refractivity contribution in [3.63, 3.8) is 0 Å². The van der Waals surface area contributed by atoms with Gasteiger partial charge in [0.05, 0.1) is 9.95 Å². The number of nitrogens with one attached hydrogen (secondary N) is 1. The molecule has 1 N–H and O–H groups in total. The van der Waals surface area contributed by atoms with Crippen LogP contribution in [0.5, 0.6) is 0 Å². The first-order valence-electron chi connectivity index (χ1n) is 5.70.